The Hall–Kier alpha value is -5.09. The summed E-state index contributed by atoms with van der Waals surface area (Å²) >= 11 is 0. The van der Waals surface area contributed by atoms with Gasteiger partial charge in [0.2, 0.25) is 5.71 Å². The van der Waals surface area contributed by atoms with E-state index >= 15 is 0 Å². The van der Waals surface area contributed by atoms with Crippen LogP contribution in [0, 0.1) is 0 Å². The molecule has 0 radical (unpaired) electrons. The number of hydrogen-bond donors (Lipinski definition) is 0. The lowest BCUT2D eigenvalue weighted by Gasteiger charge is -2.10. The Morgan fingerprint density at radius 2 is 1.19 bits per heavy atom. The zero-order chi connectivity index (χ0) is 24.3. The number of imidazole rings is 1. The third-order valence-electron chi connectivity index (χ3n) is 7.15. The summed E-state index contributed by atoms with van der Waals surface area (Å²) in [4.78, 5) is 5.02. The smallest absolute Gasteiger partial charge is 0.213 e. The van der Waals surface area contributed by atoms with Gasteiger partial charge >= 0.3 is 0 Å². The molecule has 0 aliphatic carbocycles. The fourth-order valence-corrected chi connectivity index (χ4v) is 5.51. The van der Waals surface area contributed by atoms with E-state index in [2.05, 4.69) is 112 Å². The first-order chi connectivity index (χ1) is 18.4. The number of oxazole rings is 1. The molecule has 0 atom stereocenters. The molecule has 3 aromatic heterocycles. The van der Waals surface area contributed by atoms with Gasteiger partial charge in [-0.05, 0) is 48.0 Å². The Balaban J connectivity index is 1.34. The highest BCUT2D eigenvalue weighted by Gasteiger charge is 2.20. The first-order valence-corrected chi connectivity index (χ1v) is 12.4. The SMILES string of the molecule is c1ccc(-n2c(-c3ccc(-c4c5ccccc5n5c4oc4ccccc45)cc3)nc3ccccc32)cc1. The number of nitrogens with zero attached hydrogens (tertiary/aromatic N) is 3. The number of fused-ring (bicyclic) bond motifs is 6. The van der Waals surface area contributed by atoms with Crippen LogP contribution in [0.2, 0.25) is 0 Å². The van der Waals surface area contributed by atoms with E-state index in [0.29, 0.717) is 0 Å². The number of para-hydroxylation sites is 6. The van der Waals surface area contributed by atoms with Crippen LogP contribution in [0.1, 0.15) is 0 Å². The molecule has 0 unspecified atom stereocenters. The molecular formula is C33H21N3O. The summed E-state index contributed by atoms with van der Waals surface area (Å²) in [5, 5.41) is 1.18. The molecule has 8 aromatic rings. The van der Waals surface area contributed by atoms with Crippen LogP contribution in [0.4, 0.5) is 0 Å². The summed E-state index contributed by atoms with van der Waals surface area (Å²) in [5.41, 5.74) is 10.4. The molecule has 0 saturated carbocycles. The molecular weight excluding hydrogens is 454 g/mol. The normalized spacial score (nSPS) is 11.8. The monoisotopic (exact) mass is 475 g/mol. The molecule has 0 aliphatic rings. The average Bonchev–Trinajstić information content (AvgIpc) is 3.62. The Bertz CT molecular complexity index is 2080. The summed E-state index contributed by atoms with van der Waals surface area (Å²) in [7, 11) is 0. The number of aromatic nitrogens is 3. The van der Waals surface area contributed by atoms with Gasteiger partial charge in [0.15, 0.2) is 5.58 Å². The van der Waals surface area contributed by atoms with Crippen molar-refractivity contribution in [1.82, 2.24) is 14.0 Å². The highest BCUT2D eigenvalue weighted by molar-refractivity contribution is 6.07. The van der Waals surface area contributed by atoms with Crippen LogP contribution < -0.4 is 0 Å². The summed E-state index contributed by atoms with van der Waals surface area (Å²) < 4.78 is 10.9. The third kappa shape index (κ3) is 2.93. The number of rotatable bonds is 3. The summed E-state index contributed by atoms with van der Waals surface area (Å²) in [6.45, 7) is 0. The zero-order valence-corrected chi connectivity index (χ0v) is 19.9. The van der Waals surface area contributed by atoms with Crippen molar-refractivity contribution in [3.63, 3.8) is 0 Å². The summed E-state index contributed by atoms with van der Waals surface area (Å²) in [5.74, 6) is 0.926. The van der Waals surface area contributed by atoms with Gasteiger partial charge in [0, 0.05) is 16.6 Å². The molecule has 37 heavy (non-hydrogen) atoms. The zero-order valence-electron chi connectivity index (χ0n) is 19.9. The van der Waals surface area contributed by atoms with Crippen LogP contribution in [0.25, 0.3) is 67.0 Å². The highest BCUT2D eigenvalue weighted by Crippen LogP contribution is 2.40. The summed E-state index contributed by atoms with van der Waals surface area (Å²) in [6, 6.07) is 44.1. The van der Waals surface area contributed by atoms with E-state index in [4.69, 9.17) is 9.40 Å². The second kappa shape index (κ2) is 7.70. The first kappa shape index (κ1) is 20.1. The number of benzene rings is 5. The molecule has 4 heteroatoms. The van der Waals surface area contributed by atoms with Crippen LogP contribution in [-0.4, -0.2) is 14.0 Å². The van der Waals surface area contributed by atoms with Crippen molar-refractivity contribution >= 4 is 38.7 Å². The van der Waals surface area contributed by atoms with Crippen molar-refractivity contribution in [3.05, 3.63) is 127 Å². The van der Waals surface area contributed by atoms with E-state index in [0.717, 1.165) is 61.6 Å². The van der Waals surface area contributed by atoms with E-state index in [1.807, 2.05) is 24.3 Å². The quantitative estimate of drug-likeness (QED) is 0.257. The largest absolute Gasteiger partial charge is 0.438 e. The molecule has 0 saturated heterocycles. The van der Waals surface area contributed by atoms with Gasteiger partial charge in [-0.3, -0.25) is 8.97 Å². The van der Waals surface area contributed by atoms with Crippen LogP contribution in [-0.2, 0) is 0 Å². The molecule has 0 aliphatic heterocycles. The second-order valence-electron chi connectivity index (χ2n) is 9.27. The summed E-state index contributed by atoms with van der Waals surface area (Å²) in [6.07, 6.45) is 0. The van der Waals surface area contributed by atoms with Gasteiger partial charge in [0.05, 0.1) is 27.6 Å². The maximum Gasteiger partial charge on any atom is 0.213 e. The lowest BCUT2D eigenvalue weighted by Crippen LogP contribution is -1.97. The van der Waals surface area contributed by atoms with Crippen molar-refractivity contribution in [3.8, 4) is 28.2 Å². The van der Waals surface area contributed by atoms with Crippen molar-refractivity contribution in [2.75, 3.05) is 0 Å². The van der Waals surface area contributed by atoms with Gasteiger partial charge in [-0.2, -0.15) is 0 Å². The molecule has 8 rings (SSSR count). The first-order valence-electron chi connectivity index (χ1n) is 12.4. The Labute approximate surface area is 212 Å². The minimum Gasteiger partial charge on any atom is -0.438 e. The fourth-order valence-electron chi connectivity index (χ4n) is 5.51. The van der Waals surface area contributed by atoms with Gasteiger partial charge in [0.25, 0.3) is 0 Å². The Kier molecular flexibility index (Phi) is 4.19. The predicted octanol–water partition coefficient (Wildman–Crippen LogP) is 8.51. The minimum absolute atomic E-state index is 0.867. The standard InChI is InChI=1S/C33H21N3O/c1-2-10-24(11-3-1)35-28-15-7-5-13-26(28)34-32(35)23-20-18-22(19-21-23)31-25-12-4-6-14-27(25)36-29-16-8-9-17-30(29)37-33(31)36/h1-21H. The van der Waals surface area contributed by atoms with Gasteiger partial charge in [-0.1, -0.05) is 84.9 Å². The van der Waals surface area contributed by atoms with E-state index in [1.54, 1.807) is 0 Å². The van der Waals surface area contributed by atoms with Gasteiger partial charge < -0.3 is 4.42 Å². The molecule has 0 N–H and O–H groups in total. The van der Waals surface area contributed by atoms with E-state index in [-0.39, 0.29) is 0 Å². The molecule has 174 valence electrons. The third-order valence-corrected chi connectivity index (χ3v) is 7.15. The van der Waals surface area contributed by atoms with Crippen molar-refractivity contribution < 1.29 is 4.42 Å². The lowest BCUT2D eigenvalue weighted by atomic mass is 10.0. The molecule has 5 aromatic carbocycles. The fraction of sp³-hybridized carbons (Fsp3) is 0. The van der Waals surface area contributed by atoms with Gasteiger partial charge in [0.1, 0.15) is 5.82 Å². The van der Waals surface area contributed by atoms with Crippen LogP contribution in [0.5, 0.6) is 0 Å². The van der Waals surface area contributed by atoms with Gasteiger partial charge in [-0.15, -0.1) is 0 Å². The molecule has 0 bridgehead atoms. The predicted molar refractivity (Wildman–Crippen MR) is 150 cm³/mol. The average molecular weight is 476 g/mol. The van der Waals surface area contributed by atoms with Crippen LogP contribution >= 0.6 is 0 Å². The molecule has 0 amide bonds. The van der Waals surface area contributed by atoms with E-state index in [9.17, 15) is 0 Å². The van der Waals surface area contributed by atoms with Crippen LogP contribution in [0.15, 0.2) is 132 Å². The van der Waals surface area contributed by atoms with Crippen molar-refractivity contribution in [1.29, 1.82) is 0 Å². The maximum absolute atomic E-state index is 6.40. The van der Waals surface area contributed by atoms with Crippen molar-refractivity contribution in [2.24, 2.45) is 0 Å². The molecule has 4 nitrogen and oxygen atoms in total. The molecule has 0 fully saturated rings. The van der Waals surface area contributed by atoms with Crippen LogP contribution in [0.3, 0.4) is 0 Å². The molecule has 3 heterocycles. The van der Waals surface area contributed by atoms with E-state index < -0.39 is 0 Å². The highest BCUT2D eigenvalue weighted by atomic mass is 16.3. The maximum atomic E-state index is 6.40. The number of hydrogen-bond acceptors (Lipinski definition) is 2. The topological polar surface area (TPSA) is 35.4 Å². The lowest BCUT2D eigenvalue weighted by molar-refractivity contribution is 0.658. The van der Waals surface area contributed by atoms with E-state index in [1.165, 1.54) is 5.39 Å². The second-order valence-corrected chi connectivity index (χ2v) is 9.27. The van der Waals surface area contributed by atoms with Gasteiger partial charge in [-0.25, -0.2) is 4.98 Å². The minimum atomic E-state index is 0.867. The Morgan fingerprint density at radius 3 is 2.03 bits per heavy atom. The molecule has 0 spiro atoms. The Morgan fingerprint density at radius 1 is 0.541 bits per heavy atom. The van der Waals surface area contributed by atoms with Crippen molar-refractivity contribution in [2.45, 2.75) is 0 Å².